The highest BCUT2D eigenvalue weighted by atomic mass is 32.2. The van der Waals surface area contributed by atoms with Crippen molar-refractivity contribution < 1.29 is 17.9 Å². The number of nitrogens with one attached hydrogen (secondary N) is 2. The van der Waals surface area contributed by atoms with E-state index in [2.05, 4.69) is 25.5 Å². The SMILES string of the molecule is NC(=O)c1ccc(OC(C2CCCNC2)S(=O)(=O)CC2CCC(c3cnnc4cnc5[nH]ccc5c34)CC2)cc1. The number of sulfone groups is 1. The van der Waals surface area contributed by atoms with Crippen LogP contribution in [0.3, 0.4) is 0 Å². The predicted molar refractivity (Wildman–Crippen MR) is 153 cm³/mol. The van der Waals surface area contributed by atoms with Crippen LogP contribution in [-0.4, -0.2) is 58.8 Å². The zero-order valence-corrected chi connectivity index (χ0v) is 23.1. The molecule has 1 aliphatic carbocycles. The number of fused-ring (bicyclic) bond motifs is 3. The van der Waals surface area contributed by atoms with E-state index in [0.717, 1.165) is 72.6 Å². The molecule has 4 heterocycles. The molecule has 3 aromatic heterocycles. The van der Waals surface area contributed by atoms with Gasteiger partial charge >= 0.3 is 0 Å². The van der Waals surface area contributed by atoms with Gasteiger partial charge in [-0.15, -0.1) is 5.10 Å². The van der Waals surface area contributed by atoms with Gasteiger partial charge in [0.2, 0.25) is 11.3 Å². The van der Waals surface area contributed by atoms with Crippen LogP contribution in [0.4, 0.5) is 0 Å². The van der Waals surface area contributed by atoms with Gasteiger partial charge < -0.3 is 20.8 Å². The number of H-pyrrole nitrogens is 1. The highest BCUT2D eigenvalue weighted by molar-refractivity contribution is 7.91. The van der Waals surface area contributed by atoms with Gasteiger partial charge in [0.25, 0.3) is 0 Å². The van der Waals surface area contributed by atoms with Crippen molar-refractivity contribution in [2.45, 2.75) is 49.9 Å². The summed E-state index contributed by atoms with van der Waals surface area (Å²) in [6.45, 7) is 1.48. The smallest absolute Gasteiger partial charge is 0.248 e. The zero-order chi connectivity index (χ0) is 27.7. The molecular weight excluding hydrogens is 528 g/mol. The number of ether oxygens (including phenoxy) is 1. The molecule has 11 heteroatoms. The van der Waals surface area contributed by atoms with Gasteiger partial charge in [-0.1, -0.05) is 0 Å². The molecular formula is C29H34N6O4S. The Hall–Kier alpha value is -3.57. The molecule has 0 radical (unpaired) electrons. The first-order chi connectivity index (χ1) is 19.4. The number of nitrogens with two attached hydrogens (primary N) is 1. The number of amides is 1. The number of hydrogen-bond acceptors (Lipinski definition) is 8. The molecule has 10 nitrogen and oxygen atoms in total. The van der Waals surface area contributed by atoms with Crippen molar-refractivity contribution in [2.75, 3.05) is 18.8 Å². The molecule has 2 aliphatic rings. The van der Waals surface area contributed by atoms with Gasteiger partial charge in [0.15, 0.2) is 9.84 Å². The van der Waals surface area contributed by atoms with Crippen molar-refractivity contribution in [1.82, 2.24) is 25.5 Å². The van der Waals surface area contributed by atoms with Crippen LogP contribution in [0.25, 0.3) is 21.9 Å². The quantitative estimate of drug-likeness (QED) is 0.294. The first kappa shape index (κ1) is 26.6. The van der Waals surface area contributed by atoms with Crippen LogP contribution in [0.5, 0.6) is 5.75 Å². The summed E-state index contributed by atoms with van der Waals surface area (Å²) in [5, 5.41) is 14.0. The Labute approximate surface area is 233 Å². The van der Waals surface area contributed by atoms with E-state index in [-0.39, 0.29) is 23.5 Å². The normalized spacial score (nSPS) is 22.8. The van der Waals surface area contributed by atoms with E-state index in [0.29, 0.717) is 17.9 Å². The number of piperidine rings is 1. The first-order valence-corrected chi connectivity index (χ1v) is 15.7. The molecule has 2 atom stereocenters. The Morgan fingerprint density at radius 2 is 1.88 bits per heavy atom. The fraction of sp³-hybridized carbons (Fsp3) is 0.448. The minimum atomic E-state index is -3.57. The third-order valence-corrected chi connectivity index (χ3v) is 10.6. The van der Waals surface area contributed by atoms with Crippen LogP contribution in [0, 0.1) is 11.8 Å². The average molecular weight is 563 g/mol. The number of hydrogen-bond donors (Lipinski definition) is 3. The lowest BCUT2D eigenvalue weighted by atomic mass is 9.79. The van der Waals surface area contributed by atoms with E-state index < -0.39 is 21.2 Å². The van der Waals surface area contributed by atoms with Crippen molar-refractivity contribution in [1.29, 1.82) is 0 Å². The summed E-state index contributed by atoms with van der Waals surface area (Å²) in [5.41, 5.74) is 7.53. The average Bonchev–Trinajstić information content (AvgIpc) is 3.46. The molecule has 6 rings (SSSR count). The molecule has 40 heavy (non-hydrogen) atoms. The summed E-state index contributed by atoms with van der Waals surface area (Å²) in [6, 6.07) is 8.39. The van der Waals surface area contributed by atoms with E-state index in [1.54, 1.807) is 30.5 Å². The molecule has 2 fully saturated rings. The largest absolute Gasteiger partial charge is 0.474 e. The number of nitrogens with zero attached hydrogens (tertiary/aromatic N) is 3. The lowest BCUT2D eigenvalue weighted by Gasteiger charge is -2.33. The second kappa shape index (κ2) is 11.1. The van der Waals surface area contributed by atoms with Gasteiger partial charge in [-0.25, -0.2) is 13.4 Å². The summed E-state index contributed by atoms with van der Waals surface area (Å²) in [6.07, 6.45) is 10.6. The monoisotopic (exact) mass is 562 g/mol. The molecule has 2 unspecified atom stereocenters. The number of pyridine rings is 1. The maximum Gasteiger partial charge on any atom is 0.248 e. The summed E-state index contributed by atoms with van der Waals surface area (Å²) in [4.78, 5) is 19.1. The van der Waals surface area contributed by atoms with Crippen LogP contribution in [-0.2, 0) is 9.84 Å². The van der Waals surface area contributed by atoms with Crippen LogP contribution >= 0.6 is 0 Å². The molecule has 1 saturated heterocycles. The number of carbonyl (C=O) groups is 1. The Bertz CT molecular complexity index is 1610. The minimum absolute atomic E-state index is 0.0659. The molecule has 1 aliphatic heterocycles. The fourth-order valence-electron chi connectivity index (χ4n) is 6.37. The fourth-order valence-corrected chi connectivity index (χ4v) is 8.63. The molecule has 1 saturated carbocycles. The molecule has 0 spiro atoms. The van der Waals surface area contributed by atoms with E-state index >= 15 is 0 Å². The van der Waals surface area contributed by atoms with Gasteiger partial charge in [-0.3, -0.25) is 4.79 Å². The topological polar surface area (TPSA) is 153 Å². The maximum atomic E-state index is 13.9. The first-order valence-electron chi connectivity index (χ1n) is 14.0. The number of primary amides is 1. The maximum absolute atomic E-state index is 13.9. The van der Waals surface area contributed by atoms with Crippen molar-refractivity contribution in [3.05, 3.63) is 60.0 Å². The van der Waals surface area contributed by atoms with Gasteiger partial charge in [-0.2, -0.15) is 5.10 Å². The van der Waals surface area contributed by atoms with E-state index in [9.17, 15) is 13.2 Å². The number of rotatable bonds is 8. The molecule has 1 aromatic carbocycles. The van der Waals surface area contributed by atoms with Crippen molar-refractivity contribution >= 4 is 37.7 Å². The van der Waals surface area contributed by atoms with E-state index in [4.69, 9.17) is 10.5 Å². The Morgan fingerprint density at radius 1 is 1.07 bits per heavy atom. The van der Waals surface area contributed by atoms with Crippen LogP contribution < -0.4 is 15.8 Å². The second-order valence-electron chi connectivity index (χ2n) is 11.1. The van der Waals surface area contributed by atoms with Crippen LogP contribution in [0.2, 0.25) is 0 Å². The minimum Gasteiger partial charge on any atom is -0.474 e. The molecule has 4 aromatic rings. The van der Waals surface area contributed by atoms with Crippen molar-refractivity contribution in [2.24, 2.45) is 17.6 Å². The standard InChI is InChI=1S/C29H34N6O4S/c30-27(36)20-7-9-22(10-8-20)39-29(21-2-1-12-31-14-21)40(37,38)17-18-3-5-19(6-4-18)24-15-34-35-25-16-33-28-23(26(24)25)11-13-32-28/h7-11,13,15-16,18-19,21,29,31H,1-6,12,14,17H2,(H2,30,36)(H,32,33). The van der Waals surface area contributed by atoms with E-state index in [1.165, 1.54) is 0 Å². The Balaban J connectivity index is 1.18. The third kappa shape index (κ3) is 5.40. The number of aromatic amines is 1. The van der Waals surface area contributed by atoms with E-state index in [1.807, 2.05) is 18.5 Å². The number of benzene rings is 1. The van der Waals surface area contributed by atoms with Crippen LogP contribution in [0.15, 0.2) is 48.9 Å². The number of carbonyl (C=O) groups excluding carboxylic acids is 1. The van der Waals surface area contributed by atoms with Gasteiger partial charge in [0.1, 0.15) is 16.9 Å². The lowest BCUT2D eigenvalue weighted by molar-refractivity contribution is 0.1000. The molecule has 1 amide bonds. The molecule has 210 valence electrons. The Kier molecular flexibility index (Phi) is 7.41. The summed E-state index contributed by atoms with van der Waals surface area (Å²) >= 11 is 0. The highest BCUT2D eigenvalue weighted by Gasteiger charge is 2.38. The second-order valence-corrected chi connectivity index (χ2v) is 13.2. The number of aromatic nitrogens is 4. The molecule has 4 N–H and O–H groups in total. The van der Waals surface area contributed by atoms with Gasteiger partial charge in [-0.05, 0) is 92.8 Å². The predicted octanol–water partition coefficient (Wildman–Crippen LogP) is 3.70. The van der Waals surface area contributed by atoms with Crippen molar-refractivity contribution in [3.63, 3.8) is 0 Å². The Morgan fingerprint density at radius 3 is 2.60 bits per heavy atom. The van der Waals surface area contributed by atoms with Crippen molar-refractivity contribution in [3.8, 4) is 5.75 Å². The zero-order valence-electron chi connectivity index (χ0n) is 22.3. The summed E-state index contributed by atoms with van der Waals surface area (Å²) in [7, 11) is -3.57. The van der Waals surface area contributed by atoms with Gasteiger partial charge in [0, 0.05) is 35.0 Å². The highest BCUT2D eigenvalue weighted by Crippen LogP contribution is 2.40. The van der Waals surface area contributed by atoms with Crippen LogP contribution in [0.1, 0.15) is 60.4 Å². The molecule has 0 bridgehead atoms. The van der Waals surface area contributed by atoms with Gasteiger partial charge in [0.05, 0.1) is 18.1 Å². The third-order valence-electron chi connectivity index (χ3n) is 8.44. The lowest BCUT2D eigenvalue weighted by Crippen LogP contribution is -2.45. The summed E-state index contributed by atoms with van der Waals surface area (Å²) in [5.74, 6) is 0.203. The summed E-state index contributed by atoms with van der Waals surface area (Å²) < 4.78 is 33.9.